The number of hydrogen-bond acceptors (Lipinski definition) is 6. The summed E-state index contributed by atoms with van der Waals surface area (Å²) in [5, 5.41) is 6.47. The molecule has 33 heavy (non-hydrogen) atoms. The Labute approximate surface area is 198 Å². The molecule has 0 atom stereocenters. The van der Waals surface area contributed by atoms with Gasteiger partial charge in [0.15, 0.2) is 5.76 Å². The molecule has 174 valence electrons. The molecule has 1 amide bonds. The summed E-state index contributed by atoms with van der Waals surface area (Å²) in [6, 6.07) is 3.59. The maximum Gasteiger partial charge on any atom is 0.255 e. The van der Waals surface area contributed by atoms with Crippen molar-refractivity contribution in [1.29, 1.82) is 0 Å². The van der Waals surface area contributed by atoms with Gasteiger partial charge >= 0.3 is 0 Å². The van der Waals surface area contributed by atoms with E-state index in [-0.39, 0.29) is 5.57 Å². The lowest BCUT2D eigenvalue weighted by molar-refractivity contribution is -0.112. The van der Waals surface area contributed by atoms with Gasteiger partial charge in [0, 0.05) is 18.6 Å². The summed E-state index contributed by atoms with van der Waals surface area (Å²) in [7, 11) is 0. The zero-order valence-corrected chi connectivity index (χ0v) is 20.6. The Kier molecular flexibility index (Phi) is 10.00. The van der Waals surface area contributed by atoms with Crippen LogP contribution in [-0.2, 0) is 9.63 Å². The first-order valence-corrected chi connectivity index (χ1v) is 11.3. The van der Waals surface area contributed by atoms with Gasteiger partial charge in [0.05, 0.1) is 16.7 Å². The Morgan fingerprint density at radius 2 is 2.03 bits per heavy atom. The van der Waals surface area contributed by atoms with Crippen LogP contribution in [0.4, 0.5) is 10.2 Å². The average Bonchev–Trinajstić information content (AvgIpc) is 2.79. The van der Waals surface area contributed by atoms with E-state index < -0.39 is 11.7 Å². The van der Waals surface area contributed by atoms with Crippen LogP contribution in [-0.4, -0.2) is 23.3 Å². The number of oxime groups is 1. The number of amides is 1. The van der Waals surface area contributed by atoms with E-state index in [1.807, 2.05) is 39.8 Å². The number of nitrogens with one attached hydrogen (secondary N) is 1. The van der Waals surface area contributed by atoms with Crippen LogP contribution >= 0.6 is 11.8 Å². The number of nitrogens with zero attached hydrogens (tertiary/aromatic N) is 3. The lowest BCUT2D eigenvalue weighted by Gasteiger charge is -2.19. The highest BCUT2D eigenvalue weighted by Gasteiger charge is 2.18. The molecule has 0 fully saturated rings. The molecule has 1 aliphatic rings. The molecule has 1 N–H and O–H groups in total. The van der Waals surface area contributed by atoms with E-state index in [0.717, 1.165) is 39.2 Å². The van der Waals surface area contributed by atoms with E-state index >= 15 is 0 Å². The van der Waals surface area contributed by atoms with Crippen LogP contribution in [0.2, 0.25) is 0 Å². The van der Waals surface area contributed by atoms with Crippen molar-refractivity contribution in [3.63, 3.8) is 0 Å². The lowest BCUT2D eigenvalue weighted by Crippen LogP contribution is -2.15. The molecular formula is C25H29FN4O2S. The first-order valence-electron chi connectivity index (χ1n) is 10.5. The van der Waals surface area contributed by atoms with Crippen LogP contribution in [0.5, 0.6) is 0 Å². The molecule has 0 spiro atoms. The summed E-state index contributed by atoms with van der Waals surface area (Å²) in [5.41, 5.74) is 2.96. The summed E-state index contributed by atoms with van der Waals surface area (Å²) in [6.45, 7) is 10.9. The van der Waals surface area contributed by atoms with Crippen molar-refractivity contribution in [1.82, 2.24) is 4.98 Å². The molecule has 0 aliphatic carbocycles. The van der Waals surface area contributed by atoms with E-state index in [4.69, 9.17) is 4.84 Å². The van der Waals surface area contributed by atoms with Gasteiger partial charge in [-0.25, -0.2) is 9.37 Å². The van der Waals surface area contributed by atoms with E-state index in [2.05, 4.69) is 26.5 Å². The number of carbonyl (C=O) groups is 1. The van der Waals surface area contributed by atoms with Crippen LogP contribution in [0.15, 0.2) is 79.4 Å². The minimum Gasteiger partial charge on any atom is -0.357 e. The summed E-state index contributed by atoms with van der Waals surface area (Å²) >= 11 is 1.61. The molecule has 1 aliphatic heterocycles. The fraction of sp³-hybridized carbons (Fsp3) is 0.280. The van der Waals surface area contributed by atoms with E-state index in [1.54, 1.807) is 37.2 Å². The van der Waals surface area contributed by atoms with Crippen molar-refractivity contribution < 1.29 is 14.0 Å². The number of rotatable bonds is 8. The molecule has 2 heterocycles. The summed E-state index contributed by atoms with van der Waals surface area (Å²) in [6.07, 6.45) is 10.5. The highest BCUT2D eigenvalue weighted by Crippen LogP contribution is 2.42. The number of aromatic nitrogens is 1. The first kappa shape index (κ1) is 26.0. The highest BCUT2D eigenvalue weighted by molar-refractivity contribution is 8.07. The molecule has 6 nitrogen and oxygen atoms in total. The number of aliphatic imine (C=N–C) groups is 1. The summed E-state index contributed by atoms with van der Waals surface area (Å²) < 4.78 is 14.1. The Morgan fingerprint density at radius 3 is 2.61 bits per heavy atom. The molecule has 0 saturated carbocycles. The van der Waals surface area contributed by atoms with Crippen LogP contribution in [0.3, 0.4) is 0 Å². The second kappa shape index (κ2) is 12.7. The van der Waals surface area contributed by atoms with E-state index in [1.165, 1.54) is 13.1 Å². The summed E-state index contributed by atoms with van der Waals surface area (Å²) in [4.78, 5) is 28.0. The first-order chi connectivity index (χ1) is 15.8. The Hall–Kier alpha value is -3.26. The quantitative estimate of drug-likeness (QED) is 0.194. The van der Waals surface area contributed by atoms with Crippen LogP contribution < -0.4 is 5.32 Å². The Balaban J connectivity index is 2.08. The molecular weight excluding hydrogens is 439 g/mol. The van der Waals surface area contributed by atoms with E-state index in [9.17, 15) is 9.18 Å². The number of anilines is 1. The third-order valence-corrected chi connectivity index (χ3v) is 5.65. The molecule has 1 aromatic rings. The maximum absolute atomic E-state index is 14.1. The fourth-order valence-electron chi connectivity index (χ4n) is 2.74. The molecule has 0 saturated heterocycles. The van der Waals surface area contributed by atoms with Crippen molar-refractivity contribution in [2.75, 3.05) is 5.32 Å². The van der Waals surface area contributed by atoms with Gasteiger partial charge in [-0.05, 0) is 82.2 Å². The monoisotopic (exact) mass is 468 g/mol. The molecule has 0 unspecified atom stereocenters. The van der Waals surface area contributed by atoms with Crippen molar-refractivity contribution in [2.24, 2.45) is 10.1 Å². The predicted octanol–water partition coefficient (Wildman–Crippen LogP) is 6.94. The number of allylic oxidation sites excluding steroid dienone is 6. The van der Waals surface area contributed by atoms with Crippen LogP contribution in [0, 0.1) is 0 Å². The zero-order valence-electron chi connectivity index (χ0n) is 19.8. The fourth-order valence-corrected chi connectivity index (χ4v) is 3.82. The van der Waals surface area contributed by atoms with Gasteiger partial charge in [-0.1, -0.05) is 28.6 Å². The number of carbonyl (C=O) groups excluding carboxylic acids is 1. The minimum absolute atomic E-state index is 0.0684. The lowest BCUT2D eigenvalue weighted by atomic mass is 10.0. The van der Waals surface area contributed by atoms with Crippen molar-refractivity contribution in [2.45, 2.75) is 48.0 Å². The normalized spacial score (nSPS) is 15.5. The second-order valence-electron chi connectivity index (χ2n) is 7.36. The third kappa shape index (κ3) is 7.68. The standard InChI is InChI=1S/C25H29FN4O2S/c1-7-22(32-29-8-2)23-11-10-20(18(6)33-23)19-9-12-24(28-14-19)30-25(31)17(5)21(26)15-27-13-16(3)4/h7-9,11-15H,10H2,1-6H3,(H,28,30,31)/b21-17-,22-7-,27-15?,29-8-. The van der Waals surface area contributed by atoms with Crippen molar-refractivity contribution in [3.05, 3.63) is 74.8 Å². The predicted molar refractivity (Wildman–Crippen MR) is 136 cm³/mol. The van der Waals surface area contributed by atoms with Crippen molar-refractivity contribution >= 4 is 41.5 Å². The molecule has 0 aromatic carbocycles. The Morgan fingerprint density at radius 1 is 1.27 bits per heavy atom. The topological polar surface area (TPSA) is 75.9 Å². The van der Waals surface area contributed by atoms with Crippen molar-refractivity contribution in [3.8, 4) is 0 Å². The van der Waals surface area contributed by atoms with Gasteiger partial charge in [-0.15, -0.1) is 0 Å². The molecule has 2 rings (SSSR count). The third-order valence-electron chi connectivity index (χ3n) is 4.51. The zero-order chi connectivity index (χ0) is 24.4. The van der Waals surface area contributed by atoms with Gasteiger partial charge in [0.2, 0.25) is 0 Å². The van der Waals surface area contributed by atoms with Crippen LogP contribution in [0.25, 0.3) is 5.57 Å². The second-order valence-corrected chi connectivity index (χ2v) is 8.62. The van der Waals surface area contributed by atoms with Crippen LogP contribution in [0.1, 0.15) is 53.5 Å². The van der Waals surface area contributed by atoms with Gasteiger partial charge in [0.25, 0.3) is 5.91 Å². The average molecular weight is 469 g/mol. The number of pyridine rings is 1. The molecule has 0 radical (unpaired) electrons. The number of thioether (sulfide) groups is 1. The van der Waals surface area contributed by atoms with Gasteiger partial charge in [-0.2, -0.15) is 0 Å². The number of halogens is 1. The smallest absolute Gasteiger partial charge is 0.255 e. The molecule has 0 bridgehead atoms. The molecule has 8 heteroatoms. The Bertz CT molecular complexity index is 1090. The van der Waals surface area contributed by atoms with Gasteiger partial charge in [0.1, 0.15) is 11.6 Å². The minimum atomic E-state index is -0.696. The largest absolute Gasteiger partial charge is 0.357 e. The molecule has 1 aromatic heterocycles. The van der Waals surface area contributed by atoms with Gasteiger partial charge in [-0.3, -0.25) is 9.79 Å². The highest BCUT2D eigenvalue weighted by atomic mass is 32.2. The van der Waals surface area contributed by atoms with E-state index in [0.29, 0.717) is 11.6 Å². The SMILES string of the molecule is C/C=N\O/C(=C\C)C1=CCC(c2ccc(NC(=O)/C(C)=C(\F)C=NC=C(C)C)nc2)=C(C)S1. The van der Waals surface area contributed by atoms with Gasteiger partial charge < -0.3 is 10.2 Å². The number of hydrogen-bond donors (Lipinski definition) is 1. The summed E-state index contributed by atoms with van der Waals surface area (Å²) in [5.74, 6) is -0.203. The maximum atomic E-state index is 14.1.